The highest BCUT2D eigenvalue weighted by Gasteiger charge is 2.26. The summed E-state index contributed by atoms with van der Waals surface area (Å²) in [6, 6.07) is 11.1. The summed E-state index contributed by atoms with van der Waals surface area (Å²) in [7, 11) is -3.83. The van der Waals surface area contributed by atoms with Crippen LogP contribution in [-0.4, -0.2) is 30.0 Å². The molecule has 0 aliphatic heterocycles. The van der Waals surface area contributed by atoms with Gasteiger partial charge < -0.3 is 14.9 Å². The lowest BCUT2D eigenvalue weighted by atomic mass is 10.2. The summed E-state index contributed by atoms with van der Waals surface area (Å²) < 4.78 is 30.3. The van der Waals surface area contributed by atoms with Gasteiger partial charge in [-0.05, 0) is 30.3 Å². The van der Waals surface area contributed by atoms with E-state index in [1.54, 1.807) is 18.2 Å². The molecule has 0 saturated heterocycles. The van der Waals surface area contributed by atoms with Crippen molar-refractivity contribution in [1.82, 2.24) is 0 Å². The SMILES string of the molecule is C=CC(Oc1ccc(C(=O)O)c(O)c1)S(=O)(=O)c1ccccc1. The van der Waals surface area contributed by atoms with Gasteiger partial charge in [-0.15, -0.1) is 0 Å². The van der Waals surface area contributed by atoms with E-state index in [9.17, 15) is 18.3 Å². The van der Waals surface area contributed by atoms with Crippen LogP contribution in [0.4, 0.5) is 0 Å². The predicted molar refractivity (Wildman–Crippen MR) is 83.3 cm³/mol. The van der Waals surface area contributed by atoms with Gasteiger partial charge in [-0.25, -0.2) is 13.2 Å². The Bertz CT molecular complexity index is 827. The number of aromatic carboxylic acids is 1. The number of benzene rings is 2. The van der Waals surface area contributed by atoms with E-state index in [0.717, 1.165) is 18.2 Å². The molecule has 7 heteroatoms. The molecule has 1 atom stereocenters. The van der Waals surface area contributed by atoms with Crippen LogP contribution in [0.15, 0.2) is 66.1 Å². The molecule has 23 heavy (non-hydrogen) atoms. The third-order valence-electron chi connectivity index (χ3n) is 3.02. The zero-order chi connectivity index (χ0) is 17.0. The van der Waals surface area contributed by atoms with E-state index in [0.29, 0.717) is 0 Å². The van der Waals surface area contributed by atoms with Gasteiger partial charge in [-0.2, -0.15) is 0 Å². The molecule has 1 unspecified atom stereocenters. The minimum atomic E-state index is -3.83. The van der Waals surface area contributed by atoms with Gasteiger partial charge in [0.15, 0.2) is 0 Å². The lowest BCUT2D eigenvalue weighted by Crippen LogP contribution is -2.25. The number of carboxylic acids is 1. The average Bonchev–Trinajstić information content (AvgIpc) is 2.53. The third kappa shape index (κ3) is 3.51. The molecule has 2 N–H and O–H groups in total. The molecule has 120 valence electrons. The second kappa shape index (κ2) is 6.53. The second-order valence-electron chi connectivity index (χ2n) is 4.56. The van der Waals surface area contributed by atoms with Crippen LogP contribution >= 0.6 is 0 Å². The summed E-state index contributed by atoms with van der Waals surface area (Å²) in [6.45, 7) is 3.46. The molecular formula is C16H14O6S. The summed E-state index contributed by atoms with van der Waals surface area (Å²) in [5.74, 6) is -1.81. The first-order valence-electron chi connectivity index (χ1n) is 6.50. The maximum absolute atomic E-state index is 12.5. The molecule has 2 aromatic rings. The highest BCUT2D eigenvalue weighted by Crippen LogP contribution is 2.26. The van der Waals surface area contributed by atoms with E-state index in [4.69, 9.17) is 9.84 Å². The van der Waals surface area contributed by atoms with Crippen LogP contribution in [0.25, 0.3) is 0 Å². The van der Waals surface area contributed by atoms with Gasteiger partial charge in [0.25, 0.3) is 0 Å². The van der Waals surface area contributed by atoms with Gasteiger partial charge in [0.05, 0.1) is 4.90 Å². The van der Waals surface area contributed by atoms with Gasteiger partial charge in [-0.3, -0.25) is 0 Å². The van der Waals surface area contributed by atoms with E-state index >= 15 is 0 Å². The molecular weight excluding hydrogens is 320 g/mol. The number of phenols is 1. The number of carboxylic acid groups (broad SMARTS) is 1. The quantitative estimate of drug-likeness (QED) is 0.787. The Labute approximate surface area is 133 Å². The molecule has 6 nitrogen and oxygen atoms in total. The number of carbonyl (C=O) groups is 1. The number of aromatic hydroxyl groups is 1. The van der Waals surface area contributed by atoms with Crippen LogP contribution in [0.5, 0.6) is 11.5 Å². The first kappa shape index (κ1) is 16.6. The molecule has 0 radical (unpaired) electrons. The van der Waals surface area contributed by atoms with Crippen molar-refractivity contribution in [2.24, 2.45) is 0 Å². The molecule has 0 spiro atoms. The van der Waals surface area contributed by atoms with Crippen LogP contribution in [0.3, 0.4) is 0 Å². The van der Waals surface area contributed by atoms with Crippen molar-refractivity contribution in [3.8, 4) is 11.5 Å². The lowest BCUT2D eigenvalue weighted by Gasteiger charge is -2.16. The fourth-order valence-corrected chi connectivity index (χ4v) is 3.18. The molecule has 0 amide bonds. The zero-order valence-electron chi connectivity index (χ0n) is 11.9. The van der Waals surface area contributed by atoms with Crippen LogP contribution in [0.1, 0.15) is 10.4 Å². The Morgan fingerprint density at radius 1 is 1.17 bits per heavy atom. The zero-order valence-corrected chi connectivity index (χ0v) is 12.7. The van der Waals surface area contributed by atoms with Crippen LogP contribution in [-0.2, 0) is 9.84 Å². The third-order valence-corrected chi connectivity index (χ3v) is 4.85. The Morgan fingerprint density at radius 2 is 1.83 bits per heavy atom. The molecule has 0 aliphatic carbocycles. The van der Waals surface area contributed by atoms with Crippen molar-refractivity contribution in [1.29, 1.82) is 0 Å². The van der Waals surface area contributed by atoms with E-state index in [1.807, 2.05) is 0 Å². The molecule has 0 bridgehead atoms. The summed E-state index contributed by atoms with van der Waals surface area (Å²) >= 11 is 0. The van der Waals surface area contributed by atoms with Crippen molar-refractivity contribution in [3.05, 3.63) is 66.7 Å². The fourth-order valence-electron chi connectivity index (χ4n) is 1.88. The molecule has 0 aromatic heterocycles. The number of hydrogen-bond donors (Lipinski definition) is 2. The second-order valence-corrected chi connectivity index (χ2v) is 6.59. The van der Waals surface area contributed by atoms with Crippen LogP contribution in [0.2, 0.25) is 0 Å². The Balaban J connectivity index is 2.32. The highest BCUT2D eigenvalue weighted by atomic mass is 32.2. The van der Waals surface area contributed by atoms with Crippen molar-refractivity contribution in [2.45, 2.75) is 10.3 Å². The Kier molecular flexibility index (Phi) is 4.71. The van der Waals surface area contributed by atoms with Crippen molar-refractivity contribution in [2.75, 3.05) is 0 Å². The fraction of sp³-hybridized carbons (Fsp3) is 0.0625. The summed E-state index contributed by atoms with van der Waals surface area (Å²) in [5.41, 5.74) is -1.68. The van der Waals surface area contributed by atoms with Crippen LogP contribution < -0.4 is 4.74 Å². The molecule has 0 fully saturated rings. The standard InChI is InChI=1S/C16H14O6S/c1-2-15(23(20,21)12-6-4-3-5-7-12)22-11-8-9-13(16(18)19)14(17)10-11/h2-10,15,17H,1H2,(H,18,19). The summed E-state index contributed by atoms with van der Waals surface area (Å²) in [5, 5.41) is 18.5. The van der Waals surface area contributed by atoms with E-state index in [-0.39, 0.29) is 16.2 Å². The van der Waals surface area contributed by atoms with Crippen LogP contribution in [0, 0.1) is 0 Å². The Hall–Kier alpha value is -2.80. The number of sulfone groups is 1. The van der Waals surface area contributed by atoms with Gasteiger partial charge >= 0.3 is 5.97 Å². The molecule has 2 rings (SSSR count). The number of ether oxygens (including phenoxy) is 1. The lowest BCUT2D eigenvalue weighted by molar-refractivity contribution is 0.0693. The maximum Gasteiger partial charge on any atom is 0.339 e. The molecule has 0 heterocycles. The van der Waals surface area contributed by atoms with Gasteiger partial charge in [0.1, 0.15) is 17.1 Å². The van der Waals surface area contributed by atoms with E-state index < -0.39 is 27.0 Å². The average molecular weight is 334 g/mol. The molecule has 2 aromatic carbocycles. The first-order valence-corrected chi connectivity index (χ1v) is 8.05. The Morgan fingerprint density at radius 3 is 2.35 bits per heavy atom. The topological polar surface area (TPSA) is 101 Å². The molecule has 0 saturated carbocycles. The predicted octanol–water partition coefficient (Wildman–Crippen LogP) is 2.46. The van der Waals surface area contributed by atoms with Gasteiger partial charge in [0, 0.05) is 6.07 Å². The van der Waals surface area contributed by atoms with Gasteiger partial charge in [-0.1, -0.05) is 24.8 Å². The van der Waals surface area contributed by atoms with Crippen molar-refractivity contribution >= 4 is 15.8 Å². The van der Waals surface area contributed by atoms with E-state index in [1.165, 1.54) is 18.2 Å². The highest BCUT2D eigenvalue weighted by molar-refractivity contribution is 7.92. The maximum atomic E-state index is 12.5. The van der Waals surface area contributed by atoms with E-state index in [2.05, 4.69) is 6.58 Å². The number of hydrogen-bond acceptors (Lipinski definition) is 5. The monoisotopic (exact) mass is 334 g/mol. The van der Waals surface area contributed by atoms with Gasteiger partial charge in [0.2, 0.25) is 15.3 Å². The first-order chi connectivity index (χ1) is 10.9. The number of rotatable bonds is 6. The van der Waals surface area contributed by atoms with Crippen molar-refractivity contribution in [3.63, 3.8) is 0 Å². The molecule has 0 aliphatic rings. The summed E-state index contributed by atoms with van der Waals surface area (Å²) in [4.78, 5) is 10.9. The normalized spacial score (nSPS) is 12.3. The largest absolute Gasteiger partial charge is 0.507 e. The minimum Gasteiger partial charge on any atom is -0.507 e. The smallest absolute Gasteiger partial charge is 0.339 e. The van der Waals surface area contributed by atoms with Crippen molar-refractivity contribution < 1.29 is 28.2 Å². The summed E-state index contributed by atoms with van der Waals surface area (Å²) in [6.07, 6.45) is 1.12. The minimum absolute atomic E-state index is 0.0110.